The second-order valence-electron chi connectivity index (χ2n) is 3.33. The van der Waals surface area contributed by atoms with E-state index >= 15 is 0 Å². The molecule has 5 nitrogen and oxygen atoms in total. The Morgan fingerprint density at radius 3 is 1.92 bits per heavy atom. The quantitative estimate of drug-likeness (QED) is 0.608. The number of carbonyl (C=O) groups is 2. The van der Waals surface area contributed by atoms with Crippen molar-refractivity contribution in [2.24, 2.45) is 5.73 Å². The number of hydrogen-bond donors (Lipinski definition) is 1. The third kappa shape index (κ3) is 3.89. The van der Waals surface area contributed by atoms with Gasteiger partial charge in [0.2, 0.25) is 11.8 Å². The average molecular weight is 187 g/mol. The van der Waals surface area contributed by atoms with Crippen LogP contribution in [0.25, 0.3) is 0 Å². The van der Waals surface area contributed by atoms with Crippen LogP contribution in [0.1, 0.15) is 6.42 Å². The molecule has 0 radical (unpaired) electrons. The van der Waals surface area contributed by atoms with Crippen LogP contribution >= 0.6 is 0 Å². The monoisotopic (exact) mass is 187 g/mol. The molecule has 0 rings (SSSR count). The van der Waals surface area contributed by atoms with Crippen LogP contribution in [0.4, 0.5) is 0 Å². The minimum atomic E-state index is -0.732. The number of nitrogens with zero attached hydrogens (tertiary/aromatic N) is 2. The lowest BCUT2D eigenvalue weighted by Gasteiger charge is -2.18. The van der Waals surface area contributed by atoms with Crippen molar-refractivity contribution in [3.05, 3.63) is 0 Å². The summed E-state index contributed by atoms with van der Waals surface area (Å²) in [6, 6.07) is -0.732. The van der Waals surface area contributed by atoms with Gasteiger partial charge in [-0.2, -0.15) is 0 Å². The molecule has 1 atom stereocenters. The zero-order valence-corrected chi connectivity index (χ0v) is 8.57. The van der Waals surface area contributed by atoms with Crippen molar-refractivity contribution in [3.63, 3.8) is 0 Å². The van der Waals surface area contributed by atoms with Crippen molar-refractivity contribution in [1.82, 2.24) is 9.80 Å². The van der Waals surface area contributed by atoms with Gasteiger partial charge in [-0.1, -0.05) is 0 Å². The van der Waals surface area contributed by atoms with Gasteiger partial charge >= 0.3 is 0 Å². The van der Waals surface area contributed by atoms with Gasteiger partial charge in [0.15, 0.2) is 0 Å². The highest BCUT2D eigenvalue weighted by molar-refractivity contribution is 5.87. The van der Waals surface area contributed by atoms with E-state index in [0.717, 1.165) is 0 Å². The molecule has 2 N–H and O–H groups in total. The van der Waals surface area contributed by atoms with Gasteiger partial charge in [-0.05, 0) is 0 Å². The molecule has 0 spiro atoms. The highest BCUT2D eigenvalue weighted by atomic mass is 16.2. The van der Waals surface area contributed by atoms with Gasteiger partial charge in [0.25, 0.3) is 0 Å². The zero-order valence-electron chi connectivity index (χ0n) is 8.57. The molecule has 0 saturated heterocycles. The summed E-state index contributed by atoms with van der Waals surface area (Å²) in [5.74, 6) is -0.363. The summed E-state index contributed by atoms with van der Waals surface area (Å²) in [4.78, 5) is 25.2. The standard InChI is InChI=1S/C8H17N3O2/c1-10(2)7(12)5-6(9)8(13)11(3)4/h6H,5,9H2,1-4H3. The predicted molar refractivity (Wildman–Crippen MR) is 50.0 cm³/mol. The molecule has 5 heteroatoms. The summed E-state index contributed by atoms with van der Waals surface area (Å²) in [5.41, 5.74) is 5.52. The average Bonchev–Trinajstić information content (AvgIpc) is 2.02. The van der Waals surface area contributed by atoms with Crippen molar-refractivity contribution in [2.45, 2.75) is 12.5 Å². The lowest BCUT2D eigenvalue weighted by Crippen LogP contribution is -2.43. The smallest absolute Gasteiger partial charge is 0.239 e. The topological polar surface area (TPSA) is 66.6 Å². The summed E-state index contributed by atoms with van der Waals surface area (Å²) in [7, 11) is 6.50. The first-order valence-corrected chi connectivity index (χ1v) is 4.03. The zero-order chi connectivity index (χ0) is 10.6. The van der Waals surface area contributed by atoms with Gasteiger partial charge in [-0.25, -0.2) is 0 Å². The van der Waals surface area contributed by atoms with E-state index in [0.29, 0.717) is 0 Å². The van der Waals surface area contributed by atoms with Crippen LogP contribution in [0.2, 0.25) is 0 Å². The molecule has 76 valence electrons. The van der Waals surface area contributed by atoms with Gasteiger partial charge in [-0.15, -0.1) is 0 Å². The minimum Gasteiger partial charge on any atom is -0.349 e. The maximum absolute atomic E-state index is 11.2. The summed E-state index contributed by atoms with van der Waals surface area (Å²) in [5, 5.41) is 0. The van der Waals surface area contributed by atoms with Gasteiger partial charge in [0, 0.05) is 28.2 Å². The third-order valence-electron chi connectivity index (χ3n) is 1.65. The normalized spacial score (nSPS) is 12.1. The van der Waals surface area contributed by atoms with Crippen molar-refractivity contribution >= 4 is 11.8 Å². The van der Waals surface area contributed by atoms with E-state index in [1.54, 1.807) is 28.2 Å². The lowest BCUT2D eigenvalue weighted by atomic mass is 10.2. The Kier molecular flexibility index (Phi) is 4.40. The van der Waals surface area contributed by atoms with Crippen LogP contribution in [0.5, 0.6) is 0 Å². The first kappa shape index (κ1) is 11.9. The van der Waals surface area contributed by atoms with Crippen LogP contribution in [0.3, 0.4) is 0 Å². The maximum atomic E-state index is 11.2. The van der Waals surface area contributed by atoms with E-state index in [-0.39, 0.29) is 18.2 Å². The minimum absolute atomic E-state index is 0.0595. The van der Waals surface area contributed by atoms with Gasteiger partial charge in [0.1, 0.15) is 0 Å². The molecule has 0 aromatic carbocycles. The van der Waals surface area contributed by atoms with Crippen LogP contribution in [-0.4, -0.2) is 55.8 Å². The molecule has 0 bridgehead atoms. The number of amides is 2. The SMILES string of the molecule is CN(C)C(=O)CC(N)C(=O)N(C)C. The van der Waals surface area contributed by atoms with Crippen molar-refractivity contribution < 1.29 is 9.59 Å². The second kappa shape index (κ2) is 4.81. The number of carbonyl (C=O) groups excluding carboxylic acids is 2. The highest BCUT2D eigenvalue weighted by Crippen LogP contribution is 1.95. The largest absolute Gasteiger partial charge is 0.349 e. The number of nitrogens with two attached hydrogens (primary N) is 1. The van der Waals surface area contributed by atoms with E-state index in [1.807, 2.05) is 0 Å². The Morgan fingerprint density at radius 2 is 1.62 bits per heavy atom. The Morgan fingerprint density at radius 1 is 1.15 bits per heavy atom. The van der Waals surface area contributed by atoms with Crippen molar-refractivity contribution in [1.29, 1.82) is 0 Å². The fourth-order valence-corrected chi connectivity index (χ4v) is 0.790. The molecule has 0 aliphatic carbocycles. The number of rotatable bonds is 3. The molecular formula is C8H17N3O2. The Hall–Kier alpha value is -1.10. The van der Waals surface area contributed by atoms with E-state index < -0.39 is 6.04 Å². The predicted octanol–water partition coefficient (Wildman–Crippen LogP) is -1.12. The molecule has 2 amide bonds. The van der Waals surface area contributed by atoms with Crippen LogP contribution in [0.15, 0.2) is 0 Å². The first-order valence-electron chi connectivity index (χ1n) is 4.03. The summed E-state index contributed by atoms with van der Waals surface area (Å²) in [6.07, 6.45) is 0.0595. The summed E-state index contributed by atoms with van der Waals surface area (Å²) < 4.78 is 0. The molecule has 0 saturated carbocycles. The van der Waals surface area contributed by atoms with Gasteiger partial charge in [0.05, 0.1) is 12.5 Å². The molecule has 0 aliphatic heterocycles. The molecular weight excluding hydrogens is 170 g/mol. The summed E-state index contributed by atoms with van der Waals surface area (Å²) >= 11 is 0. The van der Waals surface area contributed by atoms with E-state index in [4.69, 9.17) is 5.73 Å². The van der Waals surface area contributed by atoms with E-state index in [2.05, 4.69) is 0 Å². The second-order valence-corrected chi connectivity index (χ2v) is 3.33. The molecule has 0 aliphatic rings. The number of hydrogen-bond acceptors (Lipinski definition) is 3. The fraction of sp³-hybridized carbons (Fsp3) is 0.750. The molecule has 0 heterocycles. The highest BCUT2D eigenvalue weighted by Gasteiger charge is 2.19. The Labute approximate surface area is 78.5 Å². The Balaban J connectivity index is 4.08. The molecule has 0 aromatic rings. The van der Waals surface area contributed by atoms with Crippen molar-refractivity contribution in [2.75, 3.05) is 28.2 Å². The number of likely N-dealkylation sites (N-methyl/N-ethyl adjacent to an activating group) is 1. The summed E-state index contributed by atoms with van der Waals surface area (Å²) in [6.45, 7) is 0. The van der Waals surface area contributed by atoms with Crippen LogP contribution in [0, 0.1) is 0 Å². The molecule has 1 unspecified atom stereocenters. The van der Waals surface area contributed by atoms with Gasteiger partial charge < -0.3 is 15.5 Å². The Bertz CT molecular complexity index is 202. The third-order valence-corrected chi connectivity index (χ3v) is 1.65. The van der Waals surface area contributed by atoms with Crippen LogP contribution in [-0.2, 0) is 9.59 Å². The maximum Gasteiger partial charge on any atom is 0.239 e. The van der Waals surface area contributed by atoms with E-state index in [1.165, 1.54) is 9.80 Å². The molecule has 13 heavy (non-hydrogen) atoms. The lowest BCUT2D eigenvalue weighted by molar-refractivity contribution is -0.135. The van der Waals surface area contributed by atoms with E-state index in [9.17, 15) is 9.59 Å². The fourth-order valence-electron chi connectivity index (χ4n) is 0.790. The van der Waals surface area contributed by atoms with Crippen LogP contribution < -0.4 is 5.73 Å². The molecule has 0 fully saturated rings. The van der Waals surface area contributed by atoms with Crippen molar-refractivity contribution in [3.8, 4) is 0 Å². The first-order chi connectivity index (χ1) is 5.86. The van der Waals surface area contributed by atoms with Gasteiger partial charge in [-0.3, -0.25) is 9.59 Å². The molecule has 0 aromatic heterocycles.